The lowest BCUT2D eigenvalue weighted by Crippen LogP contribution is -2.24. The summed E-state index contributed by atoms with van der Waals surface area (Å²) in [5, 5.41) is 11.2. The number of benzene rings is 2. The highest BCUT2D eigenvalue weighted by atomic mass is 16.5. The Bertz CT molecular complexity index is 994. The molecular formula is C22H24N4O3. The Morgan fingerprint density at radius 2 is 1.90 bits per heavy atom. The van der Waals surface area contributed by atoms with E-state index in [0.29, 0.717) is 23.9 Å². The fourth-order valence-electron chi connectivity index (χ4n) is 3.35. The summed E-state index contributed by atoms with van der Waals surface area (Å²) in [6.07, 6.45) is -0.144. The number of rotatable bonds is 5. The molecule has 0 bridgehead atoms. The maximum absolute atomic E-state index is 12.7. The van der Waals surface area contributed by atoms with E-state index in [1.54, 1.807) is 11.8 Å². The highest BCUT2D eigenvalue weighted by Crippen LogP contribution is 2.28. The van der Waals surface area contributed by atoms with E-state index in [9.17, 15) is 4.79 Å². The first-order chi connectivity index (χ1) is 14.0. The molecule has 0 spiro atoms. The lowest BCUT2D eigenvalue weighted by molar-refractivity contribution is -0.00173. The molecule has 0 fully saturated rings. The molecule has 0 saturated carbocycles. The van der Waals surface area contributed by atoms with Gasteiger partial charge in [-0.3, -0.25) is 4.79 Å². The van der Waals surface area contributed by atoms with Crippen molar-refractivity contribution < 1.29 is 14.3 Å². The second-order valence-corrected chi connectivity index (χ2v) is 7.37. The van der Waals surface area contributed by atoms with E-state index in [4.69, 9.17) is 9.47 Å². The molecular weight excluding hydrogens is 368 g/mol. The first kappa shape index (κ1) is 19.1. The Labute approximate surface area is 169 Å². The minimum absolute atomic E-state index is 0.144. The number of methoxy groups -OCH3 is 1. The second-order valence-electron chi connectivity index (χ2n) is 7.37. The van der Waals surface area contributed by atoms with Gasteiger partial charge in [0.25, 0.3) is 5.91 Å². The minimum atomic E-state index is -0.282. The maximum atomic E-state index is 12.7. The number of amides is 1. The van der Waals surface area contributed by atoms with Crippen molar-refractivity contribution in [3.63, 3.8) is 0 Å². The molecule has 1 aliphatic rings. The quantitative estimate of drug-likeness (QED) is 0.712. The molecule has 0 aliphatic carbocycles. The predicted molar refractivity (Wildman–Crippen MR) is 109 cm³/mol. The molecule has 3 aromatic rings. The smallest absolute Gasteiger partial charge is 0.278 e. The summed E-state index contributed by atoms with van der Waals surface area (Å²) >= 11 is 0. The molecule has 1 aromatic heterocycles. The van der Waals surface area contributed by atoms with Crippen molar-refractivity contribution in [3.8, 4) is 5.75 Å². The van der Waals surface area contributed by atoms with Crippen LogP contribution in [0.2, 0.25) is 0 Å². The number of carbonyl (C=O) groups is 1. The largest absolute Gasteiger partial charge is 0.497 e. The van der Waals surface area contributed by atoms with E-state index in [1.807, 2.05) is 48.5 Å². The zero-order valence-electron chi connectivity index (χ0n) is 16.8. The van der Waals surface area contributed by atoms with E-state index in [1.165, 1.54) is 5.56 Å². The van der Waals surface area contributed by atoms with Gasteiger partial charge in [-0.15, -0.1) is 5.10 Å². The lowest BCUT2D eigenvalue weighted by Gasteiger charge is -2.24. The number of hydrogen-bond acceptors (Lipinski definition) is 5. The average Bonchev–Trinajstić information content (AvgIpc) is 3.17. The summed E-state index contributed by atoms with van der Waals surface area (Å²) in [6.45, 7) is 5.05. The Morgan fingerprint density at radius 3 is 2.55 bits per heavy atom. The second kappa shape index (κ2) is 8.05. The van der Waals surface area contributed by atoms with Gasteiger partial charge in [0.05, 0.1) is 26.0 Å². The number of nitrogens with zero attached hydrogens (tertiary/aromatic N) is 3. The number of fused-ring (bicyclic) bond motifs is 1. The van der Waals surface area contributed by atoms with Crippen molar-refractivity contribution in [3.05, 3.63) is 71.0 Å². The van der Waals surface area contributed by atoms with Crippen LogP contribution in [0.5, 0.6) is 5.75 Å². The SMILES string of the molecule is COc1ccc([C@H]2Cn3nnc(C(=O)Nc4ccc(C(C)C)cc4)c3CO2)cc1. The van der Waals surface area contributed by atoms with Crippen molar-refractivity contribution in [1.82, 2.24) is 15.0 Å². The van der Waals surface area contributed by atoms with Crippen LogP contribution in [0.4, 0.5) is 5.69 Å². The molecule has 0 unspecified atom stereocenters. The van der Waals surface area contributed by atoms with Crippen LogP contribution in [0.3, 0.4) is 0 Å². The highest BCUT2D eigenvalue weighted by Gasteiger charge is 2.27. The van der Waals surface area contributed by atoms with Gasteiger partial charge in [-0.1, -0.05) is 43.3 Å². The molecule has 7 nitrogen and oxygen atoms in total. The summed E-state index contributed by atoms with van der Waals surface area (Å²) in [6, 6.07) is 15.6. The van der Waals surface area contributed by atoms with Crippen LogP contribution >= 0.6 is 0 Å². The Kier molecular flexibility index (Phi) is 5.31. The van der Waals surface area contributed by atoms with Gasteiger partial charge in [0.15, 0.2) is 5.69 Å². The van der Waals surface area contributed by atoms with Crippen LogP contribution in [-0.4, -0.2) is 28.0 Å². The third-order valence-electron chi connectivity index (χ3n) is 5.14. The van der Waals surface area contributed by atoms with Crippen LogP contribution in [0.25, 0.3) is 0 Å². The van der Waals surface area contributed by atoms with E-state index in [0.717, 1.165) is 17.0 Å². The topological polar surface area (TPSA) is 78.3 Å². The van der Waals surface area contributed by atoms with Crippen molar-refractivity contribution in [1.29, 1.82) is 0 Å². The van der Waals surface area contributed by atoms with Crippen LogP contribution < -0.4 is 10.1 Å². The standard InChI is InChI=1S/C22H24N4O3/c1-14(2)15-4-8-17(9-5-15)23-22(27)21-19-13-29-20(12-26(19)25-24-21)16-6-10-18(28-3)11-7-16/h4-11,14,20H,12-13H2,1-3H3,(H,23,27)/t20-/m1/s1. The molecule has 4 rings (SSSR count). The average molecular weight is 392 g/mol. The molecule has 0 saturated heterocycles. The Morgan fingerprint density at radius 1 is 1.17 bits per heavy atom. The lowest BCUT2D eigenvalue weighted by atomic mass is 10.0. The molecule has 2 aromatic carbocycles. The molecule has 0 radical (unpaired) electrons. The molecule has 1 atom stereocenters. The molecule has 1 amide bonds. The number of hydrogen-bond donors (Lipinski definition) is 1. The van der Waals surface area contributed by atoms with E-state index >= 15 is 0 Å². The molecule has 1 N–H and O–H groups in total. The molecule has 1 aliphatic heterocycles. The van der Waals surface area contributed by atoms with E-state index in [2.05, 4.69) is 29.5 Å². The molecule has 29 heavy (non-hydrogen) atoms. The van der Waals surface area contributed by atoms with Crippen LogP contribution in [0, 0.1) is 0 Å². The van der Waals surface area contributed by atoms with E-state index in [-0.39, 0.29) is 18.6 Å². The minimum Gasteiger partial charge on any atom is -0.497 e. The predicted octanol–water partition coefficient (Wildman–Crippen LogP) is 3.93. The normalized spacial score (nSPS) is 15.8. The van der Waals surface area contributed by atoms with Crippen molar-refractivity contribution in [2.24, 2.45) is 0 Å². The van der Waals surface area contributed by atoms with Crippen molar-refractivity contribution >= 4 is 11.6 Å². The summed E-state index contributed by atoms with van der Waals surface area (Å²) < 4.78 is 12.9. The van der Waals surface area contributed by atoms with Gasteiger partial charge in [0, 0.05) is 5.69 Å². The number of ether oxygens (including phenoxy) is 2. The number of anilines is 1. The van der Waals surface area contributed by atoms with Crippen LogP contribution in [0.15, 0.2) is 48.5 Å². The van der Waals surface area contributed by atoms with E-state index < -0.39 is 0 Å². The Balaban J connectivity index is 1.46. The van der Waals surface area contributed by atoms with Gasteiger partial charge in [-0.25, -0.2) is 4.68 Å². The van der Waals surface area contributed by atoms with Gasteiger partial charge in [0.2, 0.25) is 0 Å². The van der Waals surface area contributed by atoms with Crippen molar-refractivity contribution in [2.75, 3.05) is 12.4 Å². The molecule has 2 heterocycles. The number of nitrogens with one attached hydrogen (secondary N) is 1. The highest BCUT2D eigenvalue weighted by molar-refractivity contribution is 6.03. The van der Waals surface area contributed by atoms with Gasteiger partial charge in [0.1, 0.15) is 11.9 Å². The monoisotopic (exact) mass is 392 g/mol. The third-order valence-corrected chi connectivity index (χ3v) is 5.14. The molecule has 150 valence electrons. The van der Waals surface area contributed by atoms with Gasteiger partial charge in [-0.2, -0.15) is 0 Å². The summed E-state index contributed by atoms with van der Waals surface area (Å²) in [5.74, 6) is 0.960. The Hall–Kier alpha value is -3.19. The first-order valence-corrected chi connectivity index (χ1v) is 9.64. The van der Waals surface area contributed by atoms with Crippen molar-refractivity contribution in [2.45, 2.75) is 39.0 Å². The zero-order valence-corrected chi connectivity index (χ0v) is 16.8. The van der Waals surface area contributed by atoms with Gasteiger partial charge >= 0.3 is 0 Å². The fourth-order valence-corrected chi connectivity index (χ4v) is 3.35. The zero-order chi connectivity index (χ0) is 20.4. The number of aromatic nitrogens is 3. The van der Waals surface area contributed by atoms with Gasteiger partial charge in [-0.05, 0) is 41.3 Å². The summed E-state index contributed by atoms with van der Waals surface area (Å²) in [4.78, 5) is 12.7. The van der Waals surface area contributed by atoms with Gasteiger partial charge < -0.3 is 14.8 Å². The first-order valence-electron chi connectivity index (χ1n) is 9.64. The summed E-state index contributed by atoms with van der Waals surface area (Å²) in [7, 11) is 1.64. The summed E-state index contributed by atoms with van der Waals surface area (Å²) in [5.41, 5.74) is 3.97. The molecule has 7 heteroatoms. The number of carbonyl (C=O) groups excluding carboxylic acids is 1. The van der Waals surface area contributed by atoms with Crippen LogP contribution in [0.1, 0.15) is 53.2 Å². The maximum Gasteiger partial charge on any atom is 0.278 e. The van der Waals surface area contributed by atoms with Crippen LogP contribution in [-0.2, 0) is 17.9 Å². The fraction of sp³-hybridized carbons (Fsp3) is 0.318. The third kappa shape index (κ3) is 4.00.